The van der Waals surface area contributed by atoms with E-state index in [1.165, 1.54) is 0 Å². The van der Waals surface area contributed by atoms with Gasteiger partial charge >= 0.3 is 0 Å². The third-order valence-corrected chi connectivity index (χ3v) is 7.81. The number of hydrogen-bond donors (Lipinski definition) is 1. The van der Waals surface area contributed by atoms with Gasteiger partial charge in [0, 0.05) is 5.56 Å². The maximum absolute atomic E-state index is 11.6. The SMILES string of the molecule is CC1(C)O[C@@H]2[C@H](O1)[C@@H]1OC[C@@H](O1)[C@H]2O[C@@H]1O[C@@H]2CO[C@@H](c3ccccc3)O[C@H]2[C@H](OCc2ccccc2)[C@@H]1O. The van der Waals surface area contributed by atoms with Crippen LogP contribution in [0.5, 0.6) is 0 Å². The van der Waals surface area contributed by atoms with Crippen LogP contribution in [0.3, 0.4) is 0 Å². The first kappa shape index (κ1) is 26.0. The van der Waals surface area contributed by atoms with Crippen LogP contribution in [0.25, 0.3) is 0 Å². The normalized spacial score (nSPS) is 42.6. The van der Waals surface area contributed by atoms with Crippen molar-refractivity contribution in [3.05, 3.63) is 71.8 Å². The lowest BCUT2D eigenvalue weighted by Crippen LogP contribution is -2.65. The standard InChI is InChI=1S/C29H34O10/c1-29(2)38-24-22(19-15-33-28(35-19)25(24)39-29)37-27-20(30)23(31-13-16-9-5-3-6-10-16)21-18(34-27)14-32-26(36-21)17-11-7-4-8-12-17/h3-12,18-28,30H,13-15H2,1-2H3/t18-,19-,20+,21-,22-,23-,24+,25+,26-,27+,28-/m1/s1. The van der Waals surface area contributed by atoms with Crippen LogP contribution < -0.4 is 0 Å². The Morgan fingerprint density at radius 1 is 0.795 bits per heavy atom. The Morgan fingerprint density at radius 2 is 1.51 bits per heavy atom. The third kappa shape index (κ3) is 5.04. The minimum atomic E-state index is -1.15. The molecule has 10 heteroatoms. The maximum atomic E-state index is 11.6. The van der Waals surface area contributed by atoms with Crippen LogP contribution >= 0.6 is 0 Å². The highest BCUT2D eigenvalue weighted by Gasteiger charge is 2.61. The highest BCUT2D eigenvalue weighted by atomic mass is 16.8. The van der Waals surface area contributed by atoms with Crippen molar-refractivity contribution in [1.82, 2.24) is 0 Å². The third-order valence-electron chi connectivity index (χ3n) is 7.81. The molecule has 0 unspecified atom stereocenters. The van der Waals surface area contributed by atoms with Crippen LogP contribution in [-0.2, 0) is 49.2 Å². The molecule has 5 heterocycles. The molecular weight excluding hydrogens is 508 g/mol. The summed E-state index contributed by atoms with van der Waals surface area (Å²) in [4.78, 5) is 0. The lowest BCUT2D eigenvalue weighted by atomic mass is 9.96. The molecule has 5 saturated heterocycles. The summed E-state index contributed by atoms with van der Waals surface area (Å²) in [5, 5.41) is 11.6. The molecule has 0 aromatic heterocycles. The largest absolute Gasteiger partial charge is 0.385 e. The number of fused-ring (bicyclic) bond motifs is 5. The predicted octanol–water partition coefficient (Wildman–Crippen LogP) is 2.43. The average molecular weight is 543 g/mol. The molecule has 11 atom stereocenters. The van der Waals surface area contributed by atoms with Gasteiger partial charge in [-0.25, -0.2) is 0 Å². The van der Waals surface area contributed by atoms with Gasteiger partial charge in [0.25, 0.3) is 0 Å². The van der Waals surface area contributed by atoms with Gasteiger partial charge in [0.05, 0.1) is 19.8 Å². The van der Waals surface area contributed by atoms with Crippen molar-refractivity contribution in [2.75, 3.05) is 13.2 Å². The molecule has 5 aliphatic heterocycles. The van der Waals surface area contributed by atoms with Crippen molar-refractivity contribution in [3.63, 3.8) is 0 Å². The molecule has 39 heavy (non-hydrogen) atoms. The van der Waals surface area contributed by atoms with E-state index in [9.17, 15) is 5.11 Å². The second-order valence-corrected chi connectivity index (χ2v) is 11.0. The summed E-state index contributed by atoms with van der Waals surface area (Å²) in [6.45, 7) is 4.57. The van der Waals surface area contributed by atoms with Crippen LogP contribution in [0.2, 0.25) is 0 Å². The van der Waals surface area contributed by atoms with Crippen LogP contribution in [-0.4, -0.2) is 85.5 Å². The van der Waals surface area contributed by atoms with Crippen molar-refractivity contribution in [2.24, 2.45) is 0 Å². The summed E-state index contributed by atoms with van der Waals surface area (Å²) in [5.74, 6) is -0.815. The molecule has 10 nitrogen and oxygen atoms in total. The molecule has 2 bridgehead atoms. The molecule has 0 saturated carbocycles. The van der Waals surface area contributed by atoms with Gasteiger partial charge < -0.3 is 47.7 Å². The van der Waals surface area contributed by atoms with E-state index in [0.717, 1.165) is 11.1 Å². The van der Waals surface area contributed by atoms with Crippen molar-refractivity contribution in [2.45, 2.75) is 93.9 Å². The molecule has 5 fully saturated rings. The molecule has 0 radical (unpaired) electrons. The fourth-order valence-electron chi connectivity index (χ4n) is 6.01. The smallest absolute Gasteiger partial charge is 0.187 e. The zero-order valence-corrected chi connectivity index (χ0v) is 21.9. The van der Waals surface area contributed by atoms with E-state index in [-0.39, 0.29) is 12.7 Å². The summed E-state index contributed by atoms with van der Waals surface area (Å²) in [6.07, 6.45) is -7.00. The van der Waals surface area contributed by atoms with Crippen molar-refractivity contribution >= 4 is 0 Å². The van der Waals surface area contributed by atoms with Crippen LogP contribution in [0.4, 0.5) is 0 Å². The first-order chi connectivity index (χ1) is 18.9. The van der Waals surface area contributed by atoms with Crippen molar-refractivity contribution < 1.29 is 47.7 Å². The Kier molecular flexibility index (Phi) is 6.97. The van der Waals surface area contributed by atoms with Gasteiger partial charge in [-0.2, -0.15) is 0 Å². The van der Waals surface area contributed by atoms with Crippen LogP contribution in [0.15, 0.2) is 60.7 Å². The monoisotopic (exact) mass is 542 g/mol. The zero-order valence-electron chi connectivity index (χ0n) is 21.9. The Bertz CT molecular complexity index is 1120. The fourth-order valence-corrected chi connectivity index (χ4v) is 6.01. The molecule has 5 aliphatic rings. The molecule has 2 aromatic carbocycles. The number of aliphatic hydroxyl groups excluding tert-OH is 1. The second kappa shape index (κ2) is 10.5. The van der Waals surface area contributed by atoms with E-state index in [4.69, 9.17) is 42.6 Å². The second-order valence-electron chi connectivity index (χ2n) is 11.0. The van der Waals surface area contributed by atoms with E-state index >= 15 is 0 Å². The van der Waals surface area contributed by atoms with E-state index in [1.807, 2.05) is 74.5 Å². The molecule has 0 amide bonds. The molecule has 0 aliphatic carbocycles. The summed E-state index contributed by atoms with van der Waals surface area (Å²) in [5.41, 5.74) is 1.86. The number of rotatable bonds is 6. The Hall–Kier alpha value is -1.96. The van der Waals surface area contributed by atoms with E-state index in [2.05, 4.69) is 0 Å². The maximum Gasteiger partial charge on any atom is 0.187 e. The highest BCUT2D eigenvalue weighted by molar-refractivity contribution is 5.17. The van der Waals surface area contributed by atoms with Gasteiger partial charge in [0.15, 0.2) is 24.7 Å². The van der Waals surface area contributed by atoms with Gasteiger partial charge in [-0.1, -0.05) is 60.7 Å². The number of ether oxygens (including phenoxy) is 9. The van der Waals surface area contributed by atoms with Gasteiger partial charge in [-0.3, -0.25) is 0 Å². The Morgan fingerprint density at radius 3 is 2.31 bits per heavy atom. The minimum Gasteiger partial charge on any atom is -0.385 e. The van der Waals surface area contributed by atoms with Crippen molar-refractivity contribution in [1.29, 1.82) is 0 Å². The first-order valence-electron chi connectivity index (χ1n) is 13.5. The summed E-state index contributed by atoms with van der Waals surface area (Å²) in [6, 6.07) is 19.5. The van der Waals surface area contributed by atoms with Gasteiger partial charge in [0.1, 0.15) is 48.8 Å². The Balaban J connectivity index is 1.12. The highest BCUT2D eigenvalue weighted by Crippen LogP contribution is 2.43. The topological polar surface area (TPSA) is 103 Å². The molecule has 0 spiro atoms. The molecular formula is C29H34O10. The van der Waals surface area contributed by atoms with Crippen LogP contribution in [0.1, 0.15) is 31.3 Å². The summed E-state index contributed by atoms with van der Waals surface area (Å²) < 4.78 is 55.5. The molecule has 2 aromatic rings. The number of benzene rings is 2. The Labute approximate surface area is 226 Å². The van der Waals surface area contributed by atoms with Gasteiger partial charge in [-0.05, 0) is 19.4 Å². The first-order valence-corrected chi connectivity index (χ1v) is 13.5. The summed E-state index contributed by atoms with van der Waals surface area (Å²) >= 11 is 0. The molecule has 7 rings (SSSR count). The lowest BCUT2D eigenvalue weighted by Gasteiger charge is -2.49. The average Bonchev–Trinajstić information content (AvgIpc) is 3.54. The summed E-state index contributed by atoms with van der Waals surface area (Å²) in [7, 11) is 0. The fraction of sp³-hybridized carbons (Fsp3) is 0.586. The van der Waals surface area contributed by atoms with Crippen LogP contribution in [0, 0.1) is 0 Å². The van der Waals surface area contributed by atoms with Crippen molar-refractivity contribution in [3.8, 4) is 0 Å². The predicted molar refractivity (Wildman–Crippen MR) is 133 cm³/mol. The quantitative estimate of drug-likeness (QED) is 0.586. The van der Waals surface area contributed by atoms with E-state index < -0.39 is 67.4 Å². The minimum absolute atomic E-state index is 0.247. The zero-order chi connectivity index (χ0) is 26.6. The van der Waals surface area contributed by atoms with Gasteiger partial charge in [-0.15, -0.1) is 0 Å². The number of aliphatic hydroxyl groups is 1. The van der Waals surface area contributed by atoms with E-state index in [0.29, 0.717) is 13.2 Å². The van der Waals surface area contributed by atoms with Gasteiger partial charge in [0.2, 0.25) is 0 Å². The molecule has 210 valence electrons. The lowest BCUT2D eigenvalue weighted by molar-refractivity contribution is -0.379. The number of hydrogen-bond acceptors (Lipinski definition) is 10. The van der Waals surface area contributed by atoms with E-state index in [1.54, 1.807) is 0 Å². The molecule has 1 N–H and O–H groups in total.